The number of ether oxygens (including phenoxy) is 6. The zero-order chi connectivity index (χ0) is 44.9. The fourth-order valence-electron chi connectivity index (χ4n) is 9.31. The van der Waals surface area contributed by atoms with Crippen LogP contribution in [0.1, 0.15) is 94.9 Å². The molecule has 3 fully saturated rings. The molecule has 3 aliphatic rings. The molecule has 0 saturated carbocycles. The smallest absolute Gasteiger partial charge is 0.311 e. The van der Waals surface area contributed by atoms with Crippen LogP contribution in [0.2, 0.25) is 0 Å². The third-order valence-electron chi connectivity index (χ3n) is 13.0. The van der Waals surface area contributed by atoms with Gasteiger partial charge < -0.3 is 63.7 Å². The van der Waals surface area contributed by atoms with E-state index in [1.165, 1.54) is 25.8 Å². The van der Waals surface area contributed by atoms with E-state index in [9.17, 15) is 30.3 Å². The van der Waals surface area contributed by atoms with E-state index >= 15 is 0 Å². The monoisotopic (exact) mass is 870 g/mol. The molecule has 0 spiro atoms. The van der Waals surface area contributed by atoms with Crippen LogP contribution in [0.15, 0.2) is 40.4 Å². The highest BCUT2D eigenvalue weighted by Crippen LogP contribution is 2.41. The van der Waals surface area contributed by atoms with Crippen molar-refractivity contribution in [1.82, 2.24) is 4.90 Å². The Kier molecular flexibility index (Phi) is 17.9. The minimum absolute atomic E-state index is 0.00162. The number of aliphatic hydroxyl groups excluding tert-OH is 3. The van der Waals surface area contributed by atoms with Crippen molar-refractivity contribution in [3.63, 3.8) is 0 Å². The molecule has 0 radical (unpaired) electrons. The zero-order valence-corrected chi connectivity index (χ0v) is 38.7. The van der Waals surface area contributed by atoms with Crippen molar-refractivity contribution >= 4 is 23.4 Å². The van der Waals surface area contributed by atoms with Gasteiger partial charge in [0.1, 0.15) is 23.9 Å². The van der Waals surface area contributed by atoms with Crippen molar-refractivity contribution in [2.24, 2.45) is 28.8 Å². The van der Waals surface area contributed by atoms with Crippen LogP contribution in [0.4, 0.5) is 0 Å². The Labute approximate surface area is 361 Å². The van der Waals surface area contributed by atoms with Crippen LogP contribution in [0, 0.1) is 23.7 Å². The fourth-order valence-corrected chi connectivity index (χ4v) is 9.90. The predicted molar refractivity (Wildman–Crippen MR) is 227 cm³/mol. The van der Waals surface area contributed by atoms with Crippen LogP contribution in [0.3, 0.4) is 0 Å². The predicted octanol–water partition coefficient (Wildman–Crippen LogP) is 4.34. The highest BCUT2D eigenvalue weighted by Gasteiger charge is 2.53. The molecule has 0 bridgehead atoms. The molecular formula is C44H74N2O13S. The lowest BCUT2D eigenvalue weighted by atomic mass is 9.73. The maximum absolute atomic E-state index is 14.4. The SMILES string of the molecule is CCC1OC(=O)[C@H](C)C(O[C@H]2C[C@@](C)(OC)[C@@H](O)[C@H](C)O2)[C@H](C)[C@@H](O[C@@H]2O[C@H](C)C[C@H](N(C)C)[C@H]2O)[C@](C)(O)C[C@@H](C)/C(=N\OCSc2ccccc2)[C@H](C)[C@@H](O)[C@]1(C)O. The second-order valence-corrected chi connectivity index (χ2v) is 19.3. The largest absolute Gasteiger partial charge is 0.459 e. The fraction of sp³-hybridized carbons (Fsp3) is 0.818. The van der Waals surface area contributed by atoms with E-state index in [1.807, 2.05) is 63.2 Å². The Morgan fingerprint density at radius 3 is 2.17 bits per heavy atom. The number of aliphatic hydroxyl groups is 5. The average Bonchev–Trinajstić information content (AvgIpc) is 3.19. The van der Waals surface area contributed by atoms with E-state index in [4.69, 9.17) is 33.3 Å². The third kappa shape index (κ3) is 11.8. The standard InChI is InChI=1S/C44H74N2O13S/c1-14-32-44(10,52)37(48)26(4)34(45-54-23-60-30-18-16-15-17-19-30)24(2)21-42(8,51)39(59-41-35(47)31(46(11)12)20-25(3)55-41)27(5)36(28(6)40(50)57-32)58-33-22-43(9,53-13)38(49)29(7)56-33/h15-19,24-29,31-33,35-39,41,47-49,51-52H,14,20-23H2,1-13H3/b45-34+/t24-,25-,26+,27+,28-,29+,31+,32?,33+,35-,36?,37-,38+,39-,41+,42-,43-,44-/m1/s1. The van der Waals surface area contributed by atoms with Crippen molar-refractivity contribution in [1.29, 1.82) is 0 Å². The first-order valence-electron chi connectivity index (χ1n) is 21.4. The number of benzene rings is 1. The lowest BCUT2D eigenvalue weighted by molar-refractivity contribution is -0.317. The van der Waals surface area contributed by atoms with Gasteiger partial charge >= 0.3 is 5.97 Å². The van der Waals surface area contributed by atoms with Gasteiger partial charge in [-0.2, -0.15) is 0 Å². The Morgan fingerprint density at radius 2 is 1.57 bits per heavy atom. The van der Waals surface area contributed by atoms with Crippen molar-refractivity contribution in [3.05, 3.63) is 30.3 Å². The van der Waals surface area contributed by atoms with E-state index < -0.39 is 102 Å². The highest BCUT2D eigenvalue weighted by atomic mass is 32.2. The summed E-state index contributed by atoms with van der Waals surface area (Å²) in [5, 5.41) is 64.1. The number of methoxy groups -OCH3 is 1. The molecule has 3 aliphatic heterocycles. The summed E-state index contributed by atoms with van der Waals surface area (Å²) < 4.78 is 37.8. The van der Waals surface area contributed by atoms with Gasteiger partial charge in [-0.3, -0.25) is 4.79 Å². The van der Waals surface area contributed by atoms with E-state index in [1.54, 1.807) is 48.5 Å². The molecule has 3 saturated heterocycles. The lowest BCUT2D eigenvalue weighted by Gasteiger charge is -2.49. The molecule has 1 aromatic carbocycles. The summed E-state index contributed by atoms with van der Waals surface area (Å²) in [4.78, 5) is 23.1. The molecule has 4 rings (SSSR count). The summed E-state index contributed by atoms with van der Waals surface area (Å²) in [5.41, 5.74) is -4.39. The van der Waals surface area contributed by atoms with Gasteiger partial charge in [-0.25, -0.2) is 0 Å². The molecule has 0 aliphatic carbocycles. The molecule has 0 amide bonds. The van der Waals surface area contributed by atoms with Crippen LogP contribution >= 0.6 is 11.8 Å². The molecule has 2 unspecified atom stereocenters. The zero-order valence-electron chi connectivity index (χ0n) is 37.9. The minimum atomic E-state index is -1.95. The number of hydrogen-bond acceptors (Lipinski definition) is 16. The molecule has 15 nitrogen and oxygen atoms in total. The van der Waals surface area contributed by atoms with E-state index in [0.29, 0.717) is 12.1 Å². The molecule has 1 aromatic rings. The summed E-state index contributed by atoms with van der Waals surface area (Å²) in [6.45, 7) is 17.2. The molecule has 60 heavy (non-hydrogen) atoms. The van der Waals surface area contributed by atoms with Gasteiger partial charge in [-0.15, -0.1) is 0 Å². The van der Waals surface area contributed by atoms with Crippen LogP contribution in [-0.4, -0.2) is 154 Å². The molecule has 5 N–H and O–H groups in total. The molecule has 344 valence electrons. The van der Waals surface area contributed by atoms with E-state index in [0.717, 1.165) is 4.90 Å². The number of thioether (sulfide) groups is 1. The summed E-state index contributed by atoms with van der Waals surface area (Å²) >= 11 is 1.43. The number of nitrogens with zero attached hydrogens (tertiary/aromatic N) is 2. The summed E-state index contributed by atoms with van der Waals surface area (Å²) in [6, 6.07) is 9.35. The molecule has 3 heterocycles. The Balaban J connectivity index is 1.84. The van der Waals surface area contributed by atoms with Gasteiger partial charge in [0.05, 0.1) is 53.4 Å². The van der Waals surface area contributed by atoms with Gasteiger partial charge in [-0.05, 0) is 87.0 Å². The number of oxime groups is 1. The molecule has 0 aromatic heterocycles. The van der Waals surface area contributed by atoms with Crippen LogP contribution in [0.5, 0.6) is 0 Å². The van der Waals surface area contributed by atoms with E-state index in [2.05, 4.69) is 5.16 Å². The number of hydrogen-bond donors (Lipinski definition) is 5. The second-order valence-electron chi connectivity index (χ2n) is 18.3. The number of esters is 1. The summed E-state index contributed by atoms with van der Waals surface area (Å²) in [5.74, 6) is -3.89. The second kappa shape index (κ2) is 21.2. The summed E-state index contributed by atoms with van der Waals surface area (Å²) in [7, 11) is 5.24. The number of rotatable bonds is 11. The van der Waals surface area contributed by atoms with Crippen LogP contribution < -0.4 is 0 Å². The van der Waals surface area contributed by atoms with E-state index in [-0.39, 0.29) is 37.3 Å². The first kappa shape index (κ1) is 50.7. The van der Waals surface area contributed by atoms with Crippen molar-refractivity contribution in [3.8, 4) is 0 Å². The number of likely N-dealkylation sites (N-methyl/N-ethyl adjacent to an activating group) is 1. The normalized spacial score (nSPS) is 44.6. The van der Waals surface area contributed by atoms with Crippen molar-refractivity contribution in [2.45, 2.75) is 184 Å². The minimum Gasteiger partial charge on any atom is -0.459 e. The maximum atomic E-state index is 14.4. The van der Waals surface area contributed by atoms with Gasteiger partial charge in [0.25, 0.3) is 0 Å². The Morgan fingerprint density at radius 1 is 0.917 bits per heavy atom. The van der Waals surface area contributed by atoms with Gasteiger partial charge in [-0.1, -0.05) is 62.8 Å². The first-order valence-corrected chi connectivity index (χ1v) is 22.4. The molecular weight excluding hydrogens is 797 g/mol. The average molecular weight is 871 g/mol. The van der Waals surface area contributed by atoms with Crippen LogP contribution in [0.25, 0.3) is 0 Å². The number of cyclic esters (lactones) is 1. The number of carbonyl (C=O) groups excluding carboxylic acids is 1. The van der Waals surface area contributed by atoms with Gasteiger partial charge in [0, 0.05) is 42.2 Å². The third-order valence-corrected chi connectivity index (χ3v) is 13.9. The topological polar surface area (TPSA) is 198 Å². The quantitative estimate of drug-likeness (QED) is 0.0692. The number of carbonyl (C=O) groups is 1. The Hall–Kier alpha value is -1.93. The molecule has 16 heteroatoms. The Bertz CT molecular complexity index is 1540. The lowest BCUT2D eigenvalue weighted by Crippen LogP contribution is -2.61. The van der Waals surface area contributed by atoms with Gasteiger partial charge in [0.15, 0.2) is 18.5 Å². The van der Waals surface area contributed by atoms with Crippen LogP contribution in [-0.2, 0) is 38.1 Å². The first-order chi connectivity index (χ1) is 28.0. The van der Waals surface area contributed by atoms with Gasteiger partial charge in [0.2, 0.25) is 0 Å². The van der Waals surface area contributed by atoms with Crippen molar-refractivity contribution in [2.75, 3.05) is 27.1 Å². The highest BCUT2D eigenvalue weighted by molar-refractivity contribution is 7.99. The van der Waals surface area contributed by atoms with Crippen molar-refractivity contribution < 1.29 is 63.6 Å². The summed E-state index contributed by atoms with van der Waals surface area (Å²) in [6.07, 6.45) is -9.33. The maximum Gasteiger partial charge on any atom is 0.311 e. The molecule has 18 atom stereocenters.